The van der Waals surface area contributed by atoms with Crippen molar-refractivity contribution >= 4 is 22.4 Å². The van der Waals surface area contributed by atoms with Crippen LogP contribution in [0.15, 0.2) is 23.7 Å². The van der Waals surface area contributed by atoms with Gasteiger partial charge in [-0.25, -0.2) is 4.79 Å². The van der Waals surface area contributed by atoms with Crippen LogP contribution in [-0.2, 0) is 19.5 Å². The van der Waals surface area contributed by atoms with Crippen molar-refractivity contribution in [2.24, 2.45) is 0 Å². The normalized spacial score (nSPS) is 18.9. The Kier molecular flexibility index (Phi) is 5.75. The van der Waals surface area contributed by atoms with Crippen molar-refractivity contribution in [2.75, 3.05) is 31.5 Å². The molecule has 2 aromatic rings. The third-order valence-corrected chi connectivity index (χ3v) is 6.14. The van der Waals surface area contributed by atoms with E-state index in [2.05, 4.69) is 15.3 Å². The summed E-state index contributed by atoms with van der Waals surface area (Å²) in [7, 11) is 0. The van der Waals surface area contributed by atoms with Crippen LogP contribution in [0.1, 0.15) is 30.5 Å². The molecule has 4 rings (SSSR count). The summed E-state index contributed by atoms with van der Waals surface area (Å²) in [5.41, 5.74) is 2.22. The van der Waals surface area contributed by atoms with Crippen LogP contribution in [0.25, 0.3) is 0 Å². The second kappa shape index (κ2) is 8.41. The monoisotopic (exact) mass is 389 g/mol. The number of amides is 2. The fraction of sp³-hybridized carbons (Fsp3) is 0.579. The van der Waals surface area contributed by atoms with Gasteiger partial charge in [-0.3, -0.25) is 10.00 Å². The number of aliphatic hydroxyl groups is 1. The highest BCUT2D eigenvalue weighted by Gasteiger charge is 2.25. The number of aromatic nitrogens is 2. The summed E-state index contributed by atoms with van der Waals surface area (Å²) in [6.07, 6.45) is 5.96. The molecule has 2 aliphatic rings. The molecule has 1 saturated heterocycles. The quantitative estimate of drug-likeness (QED) is 0.823. The summed E-state index contributed by atoms with van der Waals surface area (Å²) >= 11 is 1.52. The number of hydrogen-bond donors (Lipinski definition) is 2. The molecule has 27 heavy (non-hydrogen) atoms. The first-order valence-electron chi connectivity index (χ1n) is 9.72. The molecule has 2 amide bonds. The third-order valence-electron chi connectivity index (χ3n) is 5.35. The minimum absolute atomic E-state index is 0.0685. The first-order valence-corrected chi connectivity index (χ1v) is 10.6. The zero-order valence-corrected chi connectivity index (χ0v) is 16.3. The second-order valence-electron chi connectivity index (χ2n) is 7.39. The first kappa shape index (κ1) is 18.5. The van der Waals surface area contributed by atoms with E-state index in [9.17, 15) is 9.90 Å². The predicted molar refractivity (Wildman–Crippen MR) is 106 cm³/mol. The van der Waals surface area contributed by atoms with Crippen LogP contribution in [0, 0.1) is 0 Å². The summed E-state index contributed by atoms with van der Waals surface area (Å²) < 4.78 is 1.93. The van der Waals surface area contributed by atoms with Crippen molar-refractivity contribution < 1.29 is 9.90 Å². The number of aliphatic hydroxyl groups excluding tert-OH is 1. The maximum absolute atomic E-state index is 12.4. The van der Waals surface area contributed by atoms with Gasteiger partial charge in [0.05, 0.1) is 30.4 Å². The summed E-state index contributed by atoms with van der Waals surface area (Å²) in [4.78, 5) is 16.6. The second-order valence-corrected chi connectivity index (χ2v) is 8.34. The highest BCUT2D eigenvalue weighted by molar-refractivity contribution is 7.14. The van der Waals surface area contributed by atoms with Crippen molar-refractivity contribution in [1.29, 1.82) is 0 Å². The molecule has 2 aliphatic heterocycles. The number of carbonyl (C=O) groups excluding carboxylic acids is 1. The summed E-state index contributed by atoms with van der Waals surface area (Å²) in [5, 5.41) is 20.7. The van der Waals surface area contributed by atoms with E-state index < -0.39 is 6.10 Å². The van der Waals surface area contributed by atoms with E-state index in [0.717, 1.165) is 35.8 Å². The topological polar surface area (TPSA) is 73.6 Å². The molecule has 146 valence electrons. The van der Waals surface area contributed by atoms with Crippen LogP contribution in [0.4, 0.5) is 9.80 Å². The maximum atomic E-state index is 12.4. The minimum atomic E-state index is -0.410. The largest absolute Gasteiger partial charge is 0.390 e. The predicted octanol–water partition coefficient (Wildman–Crippen LogP) is 2.38. The molecule has 1 atom stereocenters. The molecular weight excluding hydrogens is 362 g/mol. The Morgan fingerprint density at radius 3 is 2.89 bits per heavy atom. The van der Waals surface area contributed by atoms with Crippen molar-refractivity contribution in [3.05, 3.63) is 35.0 Å². The van der Waals surface area contributed by atoms with Crippen molar-refractivity contribution in [2.45, 2.75) is 44.9 Å². The number of nitrogens with one attached hydrogen (secondary N) is 1. The average Bonchev–Trinajstić information content (AvgIpc) is 3.32. The third kappa shape index (κ3) is 4.51. The van der Waals surface area contributed by atoms with E-state index in [4.69, 9.17) is 0 Å². The highest BCUT2D eigenvalue weighted by atomic mass is 32.1. The van der Waals surface area contributed by atoms with Gasteiger partial charge in [0.25, 0.3) is 0 Å². The van der Waals surface area contributed by atoms with Crippen molar-refractivity contribution in [3.8, 4) is 0 Å². The van der Waals surface area contributed by atoms with Crippen LogP contribution in [0.5, 0.6) is 0 Å². The highest BCUT2D eigenvalue weighted by Crippen LogP contribution is 2.21. The Morgan fingerprint density at radius 2 is 2.11 bits per heavy atom. The smallest absolute Gasteiger partial charge is 0.322 e. The lowest BCUT2D eigenvalue weighted by atomic mass is 10.1. The van der Waals surface area contributed by atoms with E-state index in [0.29, 0.717) is 26.2 Å². The molecule has 2 N–H and O–H groups in total. The van der Waals surface area contributed by atoms with E-state index >= 15 is 0 Å². The Morgan fingerprint density at radius 1 is 1.26 bits per heavy atom. The molecule has 0 unspecified atom stereocenters. The minimum Gasteiger partial charge on any atom is -0.390 e. The van der Waals surface area contributed by atoms with Gasteiger partial charge < -0.3 is 14.9 Å². The number of likely N-dealkylation sites (tertiary alicyclic amines) is 1. The average molecular weight is 390 g/mol. The molecule has 0 radical (unpaired) electrons. The molecule has 0 saturated carbocycles. The lowest BCUT2D eigenvalue weighted by molar-refractivity contribution is 0.0846. The van der Waals surface area contributed by atoms with Gasteiger partial charge in [-0.05, 0) is 43.4 Å². The molecule has 0 spiro atoms. The Labute approximate surface area is 163 Å². The fourth-order valence-electron chi connectivity index (χ4n) is 3.96. The van der Waals surface area contributed by atoms with E-state index in [-0.39, 0.29) is 6.03 Å². The van der Waals surface area contributed by atoms with Gasteiger partial charge in [0.1, 0.15) is 0 Å². The number of anilines is 1. The van der Waals surface area contributed by atoms with Crippen LogP contribution in [-0.4, -0.2) is 63.0 Å². The number of fused-ring (bicyclic) bond motifs is 1. The molecule has 0 aliphatic carbocycles. The Balaban J connectivity index is 1.33. The van der Waals surface area contributed by atoms with E-state index in [1.165, 1.54) is 30.6 Å². The number of piperidine rings is 1. The first-order chi connectivity index (χ1) is 13.2. The summed E-state index contributed by atoms with van der Waals surface area (Å²) in [6.45, 7) is 4.63. The van der Waals surface area contributed by atoms with E-state index in [1.54, 1.807) is 0 Å². The number of hydrogen-bond acceptors (Lipinski definition) is 5. The van der Waals surface area contributed by atoms with Gasteiger partial charge >= 0.3 is 6.03 Å². The number of rotatable bonds is 5. The van der Waals surface area contributed by atoms with Gasteiger partial charge in [0.2, 0.25) is 0 Å². The van der Waals surface area contributed by atoms with Gasteiger partial charge in [0, 0.05) is 30.8 Å². The van der Waals surface area contributed by atoms with Crippen LogP contribution < -0.4 is 5.32 Å². The van der Waals surface area contributed by atoms with Crippen molar-refractivity contribution in [1.82, 2.24) is 19.6 Å². The molecule has 1 fully saturated rings. The molecule has 7 nitrogen and oxygen atoms in total. The van der Waals surface area contributed by atoms with Crippen molar-refractivity contribution in [3.63, 3.8) is 0 Å². The zero-order chi connectivity index (χ0) is 18.6. The number of nitrogens with zero attached hydrogens (tertiary/aromatic N) is 4. The number of thiophene rings is 1. The standard InChI is InChI=1S/C19H27N5O2S/c25-16(13-22-7-2-1-3-8-22)14-24-17-6-9-23(12-15(17)11-20-24)19(26)21-18-5-4-10-27-18/h4-5,10-11,16,25H,1-3,6-9,12-14H2,(H,21,26)/t16-/m1/s1. The number of urea groups is 1. The van der Waals surface area contributed by atoms with Gasteiger partial charge in [-0.2, -0.15) is 5.10 Å². The molecule has 8 heteroatoms. The van der Waals surface area contributed by atoms with E-state index in [1.807, 2.05) is 33.3 Å². The van der Waals surface area contributed by atoms with Crippen LogP contribution >= 0.6 is 11.3 Å². The Bertz CT molecular complexity index is 754. The van der Waals surface area contributed by atoms with Gasteiger partial charge in [-0.1, -0.05) is 6.42 Å². The molecule has 0 aromatic carbocycles. The lowest BCUT2D eigenvalue weighted by Crippen LogP contribution is -2.40. The molecule has 2 aromatic heterocycles. The van der Waals surface area contributed by atoms with Gasteiger partial charge in [-0.15, -0.1) is 11.3 Å². The zero-order valence-electron chi connectivity index (χ0n) is 15.5. The van der Waals surface area contributed by atoms with Crippen LogP contribution in [0.3, 0.4) is 0 Å². The summed E-state index contributed by atoms with van der Waals surface area (Å²) in [5.74, 6) is 0. The SMILES string of the molecule is O=C(Nc1cccs1)N1CCc2c(cnn2C[C@H](O)CN2CCCCC2)C1. The Hall–Kier alpha value is -1.90. The fourth-order valence-corrected chi connectivity index (χ4v) is 4.57. The summed E-state index contributed by atoms with van der Waals surface area (Å²) in [6, 6.07) is 3.76. The molecular formula is C19H27N5O2S. The molecule has 0 bridgehead atoms. The molecule has 4 heterocycles. The lowest BCUT2D eigenvalue weighted by Gasteiger charge is -2.29. The van der Waals surface area contributed by atoms with Crippen LogP contribution in [0.2, 0.25) is 0 Å². The maximum Gasteiger partial charge on any atom is 0.322 e. The number of β-amino-alcohol motifs (C(OH)–C–C–N with tert-alkyl or cyclic N) is 1. The number of carbonyl (C=O) groups is 1. The van der Waals surface area contributed by atoms with Gasteiger partial charge in [0.15, 0.2) is 0 Å².